The van der Waals surface area contributed by atoms with Crippen LogP contribution < -0.4 is 5.32 Å². The quantitative estimate of drug-likeness (QED) is 0.889. The molecule has 0 radical (unpaired) electrons. The van der Waals surface area contributed by atoms with Crippen molar-refractivity contribution in [3.63, 3.8) is 0 Å². The fourth-order valence-corrected chi connectivity index (χ4v) is 1.95. The molecule has 0 spiro atoms. The Morgan fingerprint density at radius 2 is 1.94 bits per heavy atom. The second kappa shape index (κ2) is 5.02. The van der Waals surface area contributed by atoms with E-state index in [0.29, 0.717) is 6.54 Å². The van der Waals surface area contributed by atoms with E-state index in [2.05, 4.69) is 5.32 Å². The molecule has 1 unspecified atom stereocenters. The van der Waals surface area contributed by atoms with Crippen LogP contribution in [-0.4, -0.2) is 23.3 Å². The molecule has 2 nitrogen and oxygen atoms in total. The summed E-state index contributed by atoms with van der Waals surface area (Å²) in [5.41, 5.74) is 1.04. The number of fused-ring (bicyclic) bond motifs is 1. The van der Waals surface area contributed by atoms with E-state index < -0.39 is 12.7 Å². The minimum atomic E-state index is -4.16. The Morgan fingerprint density at radius 3 is 2.67 bits per heavy atom. The molecular weight excluding hydrogens is 241 g/mol. The standard InChI is InChI=1S/C13H15F3N2/c1-10(17-9-13(14,15)16)8-18-7-6-11-4-2-3-5-12(11)18/h2-7,10,17H,8-9H2,1H3. The molecule has 0 aliphatic rings. The van der Waals surface area contributed by atoms with Gasteiger partial charge >= 0.3 is 6.18 Å². The molecule has 5 heteroatoms. The van der Waals surface area contributed by atoms with Crippen LogP contribution in [0.4, 0.5) is 13.2 Å². The van der Waals surface area contributed by atoms with Gasteiger partial charge in [0.1, 0.15) is 0 Å². The first-order valence-corrected chi connectivity index (χ1v) is 5.80. The summed E-state index contributed by atoms with van der Waals surface area (Å²) in [4.78, 5) is 0. The van der Waals surface area contributed by atoms with E-state index >= 15 is 0 Å². The summed E-state index contributed by atoms with van der Waals surface area (Å²) < 4.78 is 38.2. The van der Waals surface area contributed by atoms with Crippen LogP contribution in [0.3, 0.4) is 0 Å². The van der Waals surface area contributed by atoms with Crippen molar-refractivity contribution >= 4 is 10.9 Å². The Bertz CT molecular complexity index is 516. The normalized spacial score (nSPS) is 14.0. The van der Waals surface area contributed by atoms with Crippen LogP contribution in [0.25, 0.3) is 10.9 Å². The van der Waals surface area contributed by atoms with Crippen molar-refractivity contribution in [3.8, 4) is 0 Å². The molecule has 0 fully saturated rings. The third kappa shape index (κ3) is 3.26. The minimum Gasteiger partial charge on any atom is -0.346 e. The van der Waals surface area contributed by atoms with Crippen molar-refractivity contribution in [2.45, 2.75) is 25.7 Å². The molecule has 0 saturated heterocycles. The van der Waals surface area contributed by atoms with Gasteiger partial charge in [-0.2, -0.15) is 13.2 Å². The summed E-state index contributed by atoms with van der Waals surface area (Å²) in [6.45, 7) is 1.32. The molecule has 1 atom stereocenters. The fraction of sp³-hybridized carbons (Fsp3) is 0.385. The Balaban J connectivity index is 2.01. The lowest BCUT2D eigenvalue weighted by molar-refractivity contribution is -0.126. The van der Waals surface area contributed by atoms with E-state index in [0.717, 1.165) is 10.9 Å². The van der Waals surface area contributed by atoms with Crippen molar-refractivity contribution in [2.24, 2.45) is 0 Å². The van der Waals surface area contributed by atoms with E-state index in [4.69, 9.17) is 0 Å². The van der Waals surface area contributed by atoms with Gasteiger partial charge in [0.2, 0.25) is 0 Å². The molecular formula is C13H15F3N2. The van der Waals surface area contributed by atoms with Crippen LogP contribution >= 0.6 is 0 Å². The van der Waals surface area contributed by atoms with Gasteiger partial charge in [-0.3, -0.25) is 0 Å². The number of alkyl halides is 3. The number of benzene rings is 1. The molecule has 98 valence electrons. The molecule has 2 rings (SSSR count). The van der Waals surface area contributed by atoms with Crippen LogP contribution in [0, 0.1) is 0 Å². The van der Waals surface area contributed by atoms with Crippen LogP contribution in [0.5, 0.6) is 0 Å². The highest BCUT2D eigenvalue weighted by atomic mass is 19.4. The SMILES string of the molecule is CC(Cn1ccc2ccccc21)NCC(F)(F)F. The van der Waals surface area contributed by atoms with Gasteiger partial charge < -0.3 is 9.88 Å². The number of hydrogen-bond acceptors (Lipinski definition) is 1. The monoisotopic (exact) mass is 256 g/mol. The van der Waals surface area contributed by atoms with Gasteiger partial charge in [0.05, 0.1) is 6.54 Å². The number of hydrogen-bond donors (Lipinski definition) is 1. The van der Waals surface area contributed by atoms with Gasteiger partial charge in [-0.05, 0) is 24.4 Å². The average Bonchev–Trinajstić information content (AvgIpc) is 2.70. The molecule has 1 aromatic heterocycles. The summed E-state index contributed by atoms with van der Waals surface area (Å²) >= 11 is 0. The molecule has 0 saturated carbocycles. The lowest BCUT2D eigenvalue weighted by Gasteiger charge is -2.16. The highest BCUT2D eigenvalue weighted by Gasteiger charge is 2.27. The molecule has 1 N–H and O–H groups in total. The smallest absolute Gasteiger partial charge is 0.346 e. The third-order valence-corrected chi connectivity index (χ3v) is 2.80. The zero-order valence-corrected chi connectivity index (χ0v) is 10.0. The zero-order chi connectivity index (χ0) is 13.2. The largest absolute Gasteiger partial charge is 0.401 e. The summed E-state index contributed by atoms with van der Waals surface area (Å²) in [7, 11) is 0. The van der Waals surface area contributed by atoms with E-state index in [1.807, 2.05) is 41.1 Å². The Kier molecular flexibility index (Phi) is 3.61. The van der Waals surface area contributed by atoms with E-state index in [-0.39, 0.29) is 6.04 Å². The lowest BCUT2D eigenvalue weighted by atomic mass is 10.2. The number of para-hydroxylation sites is 1. The van der Waals surface area contributed by atoms with Crippen molar-refractivity contribution in [1.82, 2.24) is 9.88 Å². The van der Waals surface area contributed by atoms with Gasteiger partial charge in [-0.25, -0.2) is 0 Å². The van der Waals surface area contributed by atoms with Crippen LogP contribution in [0.2, 0.25) is 0 Å². The number of halogens is 3. The number of aromatic nitrogens is 1. The Hall–Kier alpha value is -1.49. The maximum Gasteiger partial charge on any atom is 0.401 e. The first-order valence-electron chi connectivity index (χ1n) is 5.80. The molecule has 0 aliphatic heterocycles. The van der Waals surface area contributed by atoms with Gasteiger partial charge in [-0.1, -0.05) is 18.2 Å². The molecule has 0 bridgehead atoms. The van der Waals surface area contributed by atoms with Crippen molar-refractivity contribution in [3.05, 3.63) is 36.5 Å². The number of rotatable bonds is 4. The molecule has 0 aliphatic carbocycles. The van der Waals surface area contributed by atoms with Crippen LogP contribution in [-0.2, 0) is 6.54 Å². The number of nitrogens with zero attached hydrogens (tertiary/aromatic N) is 1. The van der Waals surface area contributed by atoms with Crippen LogP contribution in [0.1, 0.15) is 6.92 Å². The summed E-state index contributed by atoms with van der Waals surface area (Å²) in [5.74, 6) is 0. The third-order valence-electron chi connectivity index (χ3n) is 2.80. The number of nitrogens with one attached hydrogen (secondary N) is 1. The lowest BCUT2D eigenvalue weighted by Crippen LogP contribution is -2.37. The van der Waals surface area contributed by atoms with Gasteiger partial charge in [0, 0.05) is 24.3 Å². The predicted octanol–water partition coefficient (Wildman–Crippen LogP) is 3.18. The van der Waals surface area contributed by atoms with Crippen molar-refractivity contribution < 1.29 is 13.2 Å². The first-order chi connectivity index (χ1) is 8.46. The fourth-order valence-electron chi connectivity index (χ4n) is 1.95. The predicted molar refractivity (Wildman–Crippen MR) is 65.5 cm³/mol. The second-order valence-electron chi connectivity index (χ2n) is 4.42. The Morgan fingerprint density at radius 1 is 1.22 bits per heavy atom. The van der Waals surface area contributed by atoms with E-state index in [1.165, 1.54) is 0 Å². The van der Waals surface area contributed by atoms with Crippen molar-refractivity contribution in [2.75, 3.05) is 6.54 Å². The molecule has 18 heavy (non-hydrogen) atoms. The molecule has 1 aromatic carbocycles. The second-order valence-corrected chi connectivity index (χ2v) is 4.42. The highest BCUT2D eigenvalue weighted by molar-refractivity contribution is 5.79. The van der Waals surface area contributed by atoms with Gasteiger partial charge in [-0.15, -0.1) is 0 Å². The van der Waals surface area contributed by atoms with E-state index in [1.54, 1.807) is 6.92 Å². The zero-order valence-electron chi connectivity index (χ0n) is 10.0. The van der Waals surface area contributed by atoms with Gasteiger partial charge in [0.15, 0.2) is 0 Å². The summed E-state index contributed by atoms with van der Waals surface area (Å²) in [5, 5.41) is 3.58. The van der Waals surface area contributed by atoms with Gasteiger partial charge in [0.25, 0.3) is 0 Å². The average molecular weight is 256 g/mol. The molecule has 2 aromatic rings. The first kappa shape index (κ1) is 13.0. The summed E-state index contributed by atoms with van der Waals surface area (Å²) in [6, 6.07) is 9.55. The molecule has 0 amide bonds. The molecule has 1 heterocycles. The topological polar surface area (TPSA) is 17.0 Å². The highest BCUT2D eigenvalue weighted by Crippen LogP contribution is 2.16. The maximum absolute atomic E-state index is 12.1. The van der Waals surface area contributed by atoms with E-state index in [9.17, 15) is 13.2 Å². The van der Waals surface area contributed by atoms with Crippen LogP contribution in [0.15, 0.2) is 36.5 Å². The Labute approximate surface area is 103 Å². The maximum atomic E-state index is 12.1. The van der Waals surface area contributed by atoms with Crippen molar-refractivity contribution in [1.29, 1.82) is 0 Å². The summed E-state index contributed by atoms with van der Waals surface area (Å²) in [6.07, 6.45) is -2.26. The minimum absolute atomic E-state index is 0.234.